The van der Waals surface area contributed by atoms with E-state index in [0.717, 1.165) is 12.8 Å². The van der Waals surface area contributed by atoms with Crippen LogP contribution in [0.25, 0.3) is 11.5 Å². The SMILES string of the molecule is COc1ccccc1-c1nc(S(=O)(=O)c2ccc3c(c2)OCCO3)c(N2CCCC2)o1. The molecule has 0 unspecified atom stereocenters. The van der Waals surface area contributed by atoms with E-state index < -0.39 is 9.84 Å². The molecular weight excluding hydrogens is 420 g/mol. The summed E-state index contributed by atoms with van der Waals surface area (Å²) in [6.45, 7) is 2.23. The molecule has 8 nitrogen and oxygen atoms in total. The Kier molecular flexibility index (Phi) is 4.97. The van der Waals surface area contributed by atoms with Gasteiger partial charge in [0.1, 0.15) is 19.0 Å². The van der Waals surface area contributed by atoms with Crippen LogP contribution in [0.3, 0.4) is 0 Å². The molecule has 0 amide bonds. The number of aromatic nitrogens is 1. The molecule has 1 aromatic heterocycles. The summed E-state index contributed by atoms with van der Waals surface area (Å²) in [6.07, 6.45) is 1.93. The average Bonchev–Trinajstić information content (AvgIpc) is 3.49. The summed E-state index contributed by atoms with van der Waals surface area (Å²) in [7, 11) is -2.42. The number of hydrogen-bond acceptors (Lipinski definition) is 8. The first-order valence-electron chi connectivity index (χ1n) is 10.1. The Labute approximate surface area is 180 Å². The van der Waals surface area contributed by atoms with Crippen LogP contribution in [-0.4, -0.2) is 46.8 Å². The van der Waals surface area contributed by atoms with Crippen molar-refractivity contribution in [3.8, 4) is 28.7 Å². The summed E-state index contributed by atoms with van der Waals surface area (Å²) in [5.74, 6) is 1.95. The lowest BCUT2D eigenvalue weighted by Crippen LogP contribution is -2.20. The number of nitrogens with zero attached hydrogens (tertiary/aromatic N) is 2. The lowest BCUT2D eigenvalue weighted by atomic mass is 10.2. The average molecular weight is 442 g/mol. The highest BCUT2D eigenvalue weighted by molar-refractivity contribution is 7.91. The van der Waals surface area contributed by atoms with Gasteiger partial charge < -0.3 is 23.5 Å². The molecule has 162 valence electrons. The Morgan fingerprint density at radius 2 is 1.74 bits per heavy atom. The highest BCUT2D eigenvalue weighted by Gasteiger charge is 2.33. The first kappa shape index (κ1) is 19.7. The normalized spacial score (nSPS) is 15.8. The van der Waals surface area contributed by atoms with Gasteiger partial charge in [0.05, 0.1) is 17.6 Å². The number of oxazole rings is 1. The third-order valence-corrected chi connectivity index (χ3v) is 7.04. The van der Waals surface area contributed by atoms with E-state index in [1.807, 2.05) is 17.0 Å². The fourth-order valence-electron chi connectivity index (χ4n) is 3.83. The van der Waals surface area contributed by atoms with Crippen molar-refractivity contribution in [1.29, 1.82) is 0 Å². The van der Waals surface area contributed by atoms with E-state index in [-0.39, 0.29) is 21.7 Å². The minimum Gasteiger partial charge on any atom is -0.496 e. The quantitative estimate of drug-likeness (QED) is 0.592. The number of sulfone groups is 1. The molecule has 0 aliphatic carbocycles. The molecule has 0 radical (unpaired) electrons. The maximum atomic E-state index is 13.6. The zero-order valence-corrected chi connectivity index (χ0v) is 17.9. The third-order valence-electron chi connectivity index (χ3n) is 5.39. The molecule has 31 heavy (non-hydrogen) atoms. The lowest BCUT2D eigenvalue weighted by molar-refractivity contribution is 0.171. The second kappa shape index (κ2) is 7.81. The smallest absolute Gasteiger partial charge is 0.236 e. The first-order valence-corrected chi connectivity index (χ1v) is 11.6. The maximum absolute atomic E-state index is 13.6. The Morgan fingerprint density at radius 3 is 2.52 bits per heavy atom. The number of rotatable bonds is 5. The molecule has 2 aromatic carbocycles. The van der Waals surface area contributed by atoms with Crippen molar-refractivity contribution in [2.75, 3.05) is 38.3 Å². The van der Waals surface area contributed by atoms with Crippen LogP contribution in [0.4, 0.5) is 5.88 Å². The van der Waals surface area contributed by atoms with Crippen LogP contribution >= 0.6 is 0 Å². The van der Waals surface area contributed by atoms with Crippen molar-refractivity contribution < 1.29 is 27.0 Å². The van der Waals surface area contributed by atoms with Gasteiger partial charge >= 0.3 is 0 Å². The molecule has 0 N–H and O–H groups in total. The van der Waals surface area contributed by atoms with Crippen molar-refractivity contribution >= 4 is 15.7 Å². The fourth-order valence-corrected chi connectivity index (χ4v) is 5.17. The fraction of sp³-hybridized carbons (Fsp3) is 0.318. The third kappa shape index (κ3) is 3.48. The van der Waals surface area contributed by atoms with Crippen LogP contribution in [-0.2, 0) is 9.84 Å². The predicted molar refractivity (Wildman–Crippen MR) is 113 cm³/mol. The zero-order valence-electron chi connectivity index (χ0n) is 17.0. The van der Waals surface area contributed by atoms with Crippen LogP contribution in [0, 0.1) is 0 Å². The summed E-state index contributed by atoms with van der Waals surface area (Å²) in [5.41, 5.74) is 0.592. The van der Waals surface area contributed by atoms with Gasteiger partial charge in [-0.2, -0.15) is 4.98 Å². The largest absolute Gasteiger partial charge is 0.496 e. The molecule has 3 heterocycles. The number of anilines is 1. The van der Waals surface area contributed by atoms with E-state index in [1.54, 1.807) is 25.3 Å². The van der Waals surface area contributed by atoms with E-state index in [9.17, 15) is 8.42 Å². The molecule has 0 spiro atoms. The molecule has 3 aromatic rings. The minimum atomic E-state index is -3.97. The second-order valence-corrected chi connectivity index (χ2v) is 9.20. The number of fused-ring (bicyclic) bond motifs is 1. The van der Waals surface area contributed by atoms with Crippen LogP contribution in [0.5, 0.6) is 17.2 Å². The highest BCUT2D eigenvalue weighted by Crippen LogP contribution is 2.40. The Morgan fingerprint density at radius 1 is 1.00 bits per heavy atom. The lowest BCUT2D eigenvalue weighted by Gasteiger charge is -2.19. The van der Waals surface area contributed by atoms with E-state index >= 15 is 0 Å². The molecule has 5 rings (SSSR count). The predicted octanol–water partition coefficient (Wildman–Crippen LogP) is 3.55. The summed E-state index contributed by atoms with van der Waals surface area (Å²) < 4.78 is 49.8. The minimum absolute atomic E-state index is 0.0806. The van der Waals surface area contributed by atoms with Gasteiger partial charge in [-0.3, -0.25) is 0 Å². The van der Waals surface area contributed by atoms with Gasteiger partial charge in [-0.05, 0) is 37.1 Å². The highest BCUT2D eigenvalue weighted by atomic mass is 32.2. The van der Waals surface area contributed by atoms with Crippen molar-refractivity contribution in [3.63, 3.8) is 0 Å². The number of para-hydroxylation sites is 1. The van der Waals surface area contributed by atoms with Crippen LogP contribution in [0.1, 0.15) is 12.8 Å². The van der Waals surface area contributed by atoms with Gasteiger partial charge in [-0.25, -0.2) is 8.42 Å². The Hall–Kier alpha value is -3.20. The van der Waals surface area contributed by atoms with Crippen LogP contribution < -0.4 is 19.1 Å². The molecule has 2 aliphatic heterocycles. The van der Waals surface area contributed by atoms with Crippen LogP contribution in [0.2, 0.25) is 0 Å². The Balaban J connectivity index is 1.64. The van der Waals surface area contributed by atoms with Crippen molar-refractivity contribution in [3.05, 3.63) is 42.5 Å². The first-order chi connectivity index (χ1) is 15.1. The number of methoxy groups -OCH3 is 1. The molecule has 0 bridgehead atoms. The molecule has 2 aliphatic rings. The van der Waals surface area contributed by atoms with Gasteiger partial charge in [-0.15, -0.1) is 0 Å². The topological polar surface area (TPSA) is 91.1 Å². The summed E-state index contributed by atoms with van der Waals surface area (Å²) >= 11 is 0. The number of ether oxygens (including phenoxy) is 3. The van der Waals surface area contributed by atoms with Gasteiger partial charge in [-0.1, -0.05) is 12.1 Å². The zero-order chi connectivity index (χ0) is 21.4. The molecule has 0 atom stereocenters. The van der Waals surface area contributed by atoms with E-state index in [2.05, 4.69) is 4.98 Å². The van der Waals surface area contributed by atoms with Gasteiger partial charge in [0, 0.05) is 19.2 Å². The summed E-state index contributed by atoms with van der Waals surface area (Å²) in [4.78, 5) is 6.45. The van der Waals surface area contributed by atoms with Crippen molar-refractivity contribution in [2.24, 2.45) is 0 Å². The van der Waals surface area contributed by atoms with Crippen molar-refractivity contribution in [2.45, 2.75) is 22.8 Å². The van der Waals surface area contributed by atoms with E-state index in [4.69, 9.17) is 18.6 Å². The molecule has 1 fully saturated rings. The molecule has 1 saturated heterocycles. The summed E-state index contributed by atoms with van der Waals surface area (Å²) in [6, 6.07) is 11.8. The monoisotopic (exact) mass is 442 g/mol. The van der Waals surface area contributed by atoms with Gasteiger partial charge in [0.25, 0.3) is 0 Å². The standard InChI is InChI=1S/C22H22N2O6S/c1-27-17-7-3-2-6-16(17)20-23-21(22(30-20)24-10-4-5-11-24)31(25,26)15-8-9-18-19(14-15)29-13-12-28-18/h2-3,6-9,14H,4-5,10-13H2,1H3. The van der Waals surface area contributed by atoms with E-state index in [0.29, 0.717) is 49.1 Å². The number of hydrogen-bond donors (Lipinski definition) is 0. The number of benzene rings is 2. The van der Waals surface area contributed by atoms with E-state index in [1.165, 1.54) is 12.1 Å². The second-order valence-electron chi connectivity index (χ2n) is 7.33. The molecular formula is C22H22N2O6S. The van der Waals surface area contributed by atoms with Crippen molar-refractivity contribution in [1.82, 2.24) is 4.98 Å². The molecule has 9 heteroatoms. The summed E-state index contributed by atoms with van der Waals surface area (Å²) in [5, 5.41) is -0.105. The maximum Gasteiger partial charge on any atom is 0.236 e. The van der Waals surface area contributed by atoms with Gasteiger partial charge in [0.15, 0.2) is 11.5 Å². The van der Waals surface area contributed by atoms with Gasteiger partial charge in [0.2, 0.25) is 26.6 Å². The van der Waals surface area contributed by atoms with Crippen LogP contribution in [0.15, 0.2) is 56.8 Å². The Bertz CT molecular complexity index is 1210. The molecule has 0 saturated carbocycles.